The Labute approximate surface area is 139 Å². The molecule has 2 rings (SSSR count). The van der Waals surface area contributed by atoms with Gasteiger partial charge in [-0.05, 0) is 54.4 Å². The first-order valence-corrected chi connectivity index (χ1v) is 7.77. The van der Waals surface area contributed by atoms with Crippen molar-refractivity contribution in [3.63, 3.8) is 0 Å². The first-order chi connectivity index (χ1) is 10.0. The highest BCUT2D eigenvalue weighted by Gasteiger charge is 2.15. The van der Waals surface area contributed by atoms with Crippen LogP contribution in [0.1, 0.15) is 24.1 Å². The molecule has 0 saturated carbocycles. The van der Waals surface area contributed by atoms with Crippen LogP contribution in [0.15, 0.2) is 36.4 Å². The van der Waals surface area contributed by atoms with E-state index in [-0.39, 0.29) is 11.9 Å². The average Bonchev–Trinajstić information content (AvgIpc) is 2.45. The molecule has 0 aliphatic heterocycles. The summed E-state index contributed by atoms with van der Waals surface area (Å²) in [7, 11) is 0. The van der Waals surface area contributed by atoms with Crippen molar-refractivity contribution in [2.24, 2.45) is 0 Å². The summed E-state index contributed by atoms with van der Waals surface area (Å²) in [4.78, 5) is 0. The SMILES string of the molecule is CCNC(Cc1cc(F)ccc1Cl)c1ccc(Cl)c(Cl)c1. The highest BCUT2D eigenvalue weighted by Crippen LogP contribution is 2.29. The molecule has 1 N–H and O–H groups in total. The minimum Gasteiger partial charge on any atom is -0.310 e. The molecule has 1 atom stereocenters. The number of hydrogen-bond donors (Lipinski definition) is 1. The second-order valence-electron chi connectivity index (χ2n) is 4.72. The van der Waals surface area contributed by atoms with E-state index in [9.17, 15) is 4.39 Å². The lowest BCUT2D eigenvalue weighted by Gasteiger charge is -2.20. The number of benzene rings is 2. The number of hydrogen-bond acceptors (Lipinski definition) is 1. The molecule has 112 valence electrons. The molecular weight excluding hydrogens is 332 g/mol. The van der Waals surface area contributed by atoms with E-state index in [4.69, 9.17) is 34.8 Å². The Balaban J connectivity index is 2.30. The molecule has 0 heterocycles. The van der Waals surface area contributed by atoms with E-state index < -0.39 is 0 Å². The number of nitrogens with one attached hydrogen (secondary N) is 1. The van der Waals surface area contributed by atoms with Gasteiger partial charge in [-0.15, -0.1) is 0 Å². The molecule has 2 aromatic carbocycles. The molecule has 0 spiro atoms. The standard InChI is InChI=1S/C16H15Cl3FN/c1-2-21-16(10-3-5-14(18)15(19)8-10)9-11-7-12(20)4-6-13(11)17/h3-8,16,21H,2,9H2,1H3. The van der Waals surface area contributed by atoms with Crippen LogP contribution in [0.25, 0.3) is 0 Å². The summed E-state index contributed by atoms with van der Waals surface area (Å²) in [5, 5.41) is 4.93. The fourth-order valence-electron chi connectivity index (χ4n) is 2.20. The third-order valence-corrected chi connectivity index (χ3v) is 4.34. The zero-order valence-corrected chi connectivity index (χ0v) is 13.7. The number of halogens is 4. The van der Waals surface area contributed by atoms with Gasteiger partial charge in [0.2, 0.25) is 0 Å². The molecule has 0 aliphatic carbocycles. The van der Waals surface area contributed by atoms with Gasteiger partial charge in [0.15, 0.2) is 0 Å². The normalized spacial score (nSPS) is 12.4. The Morgan fingerprint density at radius 1 is 1.00 bits per heavy atom. The zero-order valence-electron chi connectivity index (χ0n) is 11.5. The molecule has 2 aromatic rings. The van der Waals surface area contributed by atoms with Gasteiger partial charge >= 0.3 is 0 Å². The van der Waals surface area contributed by atoms with Crippen LogP contribution in [0.2, 0.25) is 15.1 Å². The first kappa shape index (κ1) is 16.6. The summed E-state index contributed by atoms with van der Waals surface area (Å²) in [6, 6.07) is 9.88. The van der Waals surface area contributed by atoms with Crippen molar-refractivity contribution in [2.75, 3.05) is 6.54 Å². The first-order valence-electron chi connectivity index (χ1n) is 6.63. The van der Waals surface area contributed by atoms with Crippen LogP contribution in [0.3, 0.4) is 0 Å². The van der Waals surface area contributed by atoms with Gasteiger partial charge in [0, 0.05) is 11.1 Å². The van der Waals surface area contributed by atoms with Crippen LogP contribution in [-0.4, -0.2) is 6.54 Å². The van der Waals surface area contributed by atoms with Crippen LogP contribution in [0.5, 0.6) is 0 Å². The van der Waals surface area contributed by atoms with E-state index in [1.165, 1.54) is 12.1 Å². The summed E-state index contributed by atoms with van der Waals surface area (Å²) in [6.45, 7) is 2.79. The molecule has 0 aliphatic rings. The molecule has 0 aromatic heterocycles. The van der Waals surface area contributed by atoms with Gasteiger partial charge in [-0.1, -0.05) is 47.8 Å². The maximum atomic E-state index is 13.4. The van der Waals surface area contributed by atoms with E-state index >= 15 is 0 Å². The molecule has 0 radical (unpaired) electrons. The Morgan fingerprint density at radius 2 is 1.71 bits per heavy atom. The van der Waals surface area contributed by atoms with Crippen LogP contribution in [0.4, 0.5) is 4.39 Å². The molecule has 1 nitrogen and oxygen atoms in total. The molecule has 21 heavy (non-hydrogen) atoms. The third kappa shape index (κ3) is 4.33. The Kier molecular flexibility index (Phi) is 5.88. The smallest absolute Gasteiger partial charge is 0.123 e. The van der Waals surface area contributed by atoms with Gasteiger partial charge in [0.25, 0.3) is 0 Å². The summed E-state index contributed by atoms with van der Waals surface area (Å²) < 4.78 is 13.4. The Hall–Kier alpha value is -0.800. The quantitative estimate of drug-likeness (QED) is 0.734. The second-order valence-corrected chi connectivity index (χ2v) is 5.95. The highest BCUT2D eigenvalue weighted by molar-refractivity contribution is 6.42. The number of rotatable bonds is 5. The van der Waals surface area contributed by atoms with E-state index in [2.05, 4.69) is 5.32 Å². The second kappa shape index (κ2) is 7.46. The third-order valence-electron chi connectivity index (χ3n) is 3.23. The van der Waals surface area contributed by atoms with Gasteiger partial charge in [-0.2, -0.15) is 0 Å². The van der Waals surface area contributed by atoms with Crippen molar-refractivity contribution in [3.05, 3.63) is 68.4 Å². The molecule has 1 unspecified atom stereocenters. The maximum absolute atomic E-state index is 13.4. The summed E-state index contributed by atoms with van der Waals surface area (Å²) >= 11 is 18.2. The van der Waals surface area contributed by atoms with Gasteiger partial charge < -0.3 is 5.32 Å². The molecule has 0 saturated heterocycles. The summed E-state index contributed by atoms with van der Waals surface area (Å²) in [6.07, 6.45) is 0.572. The van der Waals surface area contributed by atoms with E-state index in [0.29, 0.717) is 21.5 Å². The predicted molar refractivity (Wildman–Crippen MR) is 88.0 cm³/mol. The maximum Gasteiger partial charge on any atom is 0.123 e. The predicted octanol–water partition coefficient (Wildman–Crippen LogP) is 5.68. The molecule has 0 bridgehead atoms. The van der Waals surface area contributed by atoms with Gasteiger partial charge in [0.05, 0.1) is 10.0 Å². The van der Waals surface area contributed by atoms with Crippen LogP contribution in [0, 0.1) is 5.82 Å². The Bertz CT molecular complexity index is 631. The topological polar surface area (TPSA) is 12.0 Å². The molecule has 0 fully saturated rings. The fourth-order valence-corrected chi connectivity index (χ4v) is 2.70. The zero-order chi connectivity index (χ0) is 15.4. The monoisotopic (exact) mass is 345 g/mol. The Morgan fingerprint density at radius 3 is 2.38 bits per heavy atom. The molecule has 5 heteroatoms. The van der Waals surface area contributed by atoms with E-state index in [1.807, 2.05) is 19.1 Å². The molecule has 0 amide bonds. The van der Waals surface area contributed by atoms with Crippen molar-refractivity contribution >= 4 is 34.8 Å². The lowest BCUT2D eigenvalue weighted by atomic mass is 9.98. The fraction of sp³-hybridized carbons (Fsp3) is 0.250. The van der Waals surface area contributed by atoms with Gasteiger partial charge in [-0.25, -0.2) is 4.39 Å². The minimum atomic E-state index is -0.293. The average molecular weight is 347 g/mol. The van der Waals surface area contributed by atoms with Crippen molar-refractivity contribution < 1.29 is 4.39 Å². The minimum absolute atomic E-state index is 0.0101. The summed E-state index contributed by atoms with van der Waals surface area (Å²) in [5.74, 6) is -0.293. The van der Waals surface area contributed by atoms with Crippen LogP contribution < -0.4 is 5.32 Å². The molecular formula is C16H15Cl3FN. The summed E-state index contributed by atoms with van der Waals surface area (Å²) in [5.41, 5.74) is 1.75. The van der Waals surface area contributed by atoms with Crippen molar-refractivity contribution in [2.45, 2.75) is 19.4 Å². The highest BCUT2D eigenvalue weighted by atomic mass is 35.5. The largest absolute Gasteiger partial charge is 0.310 e. The van der Waals surface area contributed by atoms with E-state index in [0.717, 1.165) is 17.7 Å². The van der Waals surface area contributed by atoms with Crippen molar-refractivity contribution in [3.8, 4) is 0 Å². The van der Waals surface area contributed by atoms with Crippen molar-refractivity contribution in [1.82, 2.24) is 5.32 Å². The van der Waals surface area contributed by atoms with Gasteiger partial charge in [0.1, 0.15) is 5.82 Å². The van der Waals surface area contributed by atoms with Crippen LogP contribution in [-0.2, 0) is 6.42 Å². The van der Waals surface area contributed by atoms with Crippen LogP contribution >= 0.6 is 34.8 Å². The lowest BCUT2D eigenvalue weighted by Crippen LogP contribution is -2.23. The van der Waals surface area contributed by atoms with Crippen molar-refractivity contribution in [1.29, 1.82) is 0 Å². The number of likely N-dealkylation sites (N-methyl/N-ethyl adjacent to an activating group) is 1. The van der Waals surface area contributed by atoms with Gasteiger partial charge in [-0.3, -0.25) is 0 Å². The van der Waals surface area contributed by atoms with E-state index in [1.54, 1.807) is 12.1 Å². The lowest BCUT2D eigenvalue weighted by molar-refractivity contribution is 0.547.